The van der Waals surface area contributed by atoms with E-state index >= 15 is 0 Å². The van der Waals surface area contributed by atoms with Crippen molar-refractivity contribution in [3.8, 4) is 0 Å². The van der Waals surface area contributed by atoms with Crippen LogP contribution < -0.4 is 4.90 Å². The zero-order valence-corrected chi connectivity index (χ0v) is 16.4. The number of hydrogen-bond donors (Lipinski definition) is 0. The summed E-state index contributed by atoms with van der Waals surface area (Å²) in [5, 5.41) is 10.9. The van der Waals surface area contributed by atoms with E-state index in [1.54, 1.807) is 36.1 Å². The number of carbonyl (C=O) groups excluding carboxylic acids is 3. The van der Waals surface area contributed by atoms with Gasteiger partial charge in [0.15, 0.2) is 0 Å². The molecule has 0 N–H and O–H groups in total. The normalized spacial score (nSPS) is 13.2. The van der Waals surface area contributed by atoms with Crippen molar-refractivity contribution in [2.45, 2.75) is 19.8 Å². The Bertz CT molecular complexity index is 956. The molecular formula is C21H21N3O6. The topological polar surface area (TPSA) is 110 Å². The molecule has 0 atom stereocenters. The summed E-state index contributed by atoms with van der Waals surface area (Å²) in [5.74, 6) is -0.917. The van der Waals surface area contributed by atoms with Crippen molar-refractivity contribution < 1.29 is 24.0 Å². The predicted molar refractivity (Wildman–Crippen MR) is 108 cm³/mol. The minimum Gasteiger partial charge on any atom is -0.462 e. The van der Waals surface area contributed by atoms with Gasteiger partial charge in [0.05, 0.1) is 17.1 Å². The van der Waals surface area contributed by atoms with Crippen LogP contribution in [0, 0.1) is 10.1 Å². The number of nitrogens with zero attached hydrogens (tertiary/aromatic N) is 3. The fourth-order valence-electron chi connectivity index (χ4n) is 3.16. The lowest BCUT2D eigenvalue weighted by molar-refractivity contribution is -0.384. The van der Waals surface area contributed by atoms with Gasteiger partial charge in [0.2, 0.25) is 5.91 Å². The van der Waals surface area contributed by atoms with E-state index in [0.717, 1.165) is 6.42 Å². The molecule has 30 heavy (non-hydrogen) atoms. The molecule has 0 bridgehead atoms. The van der Waals surface area contributed by atoms with Gasteiger partial charge in [-0.2, -0.15) is 0 Å². The molecule has 9 nitrogen and oxygen atoms in total. The van der Waals surface area contributed by atoms with E-state index in [1.165, 1.54) is 29.2 Å². The third-order valence-corrected chi connectivity index (χ3v) is 4.74. The van der Waals surface area contributed by atoms with Gasteiger partial charge in [0, 0.05) is 36.3 Å². The molecule has 0 radical (unpaired) electrons. The summed E-state index contributed by atoms with van der Waals surface area (Å²) in [6.07, 6.45) is 1.15. The Kier molecular flexibility index (Phi) is 6.41. The molecule has 3 rings (SSSR count). The molecule has 9 heteroatoms. The molecule has 1 aliphatic heterocycles. The Balaban J connectivity index is 1.89. The van der Waals surface area contributed by atoms with E-state index in [1.807, 2.05) is 0 Å². The third kappa shape index (κ3) is 4.62. The first-order chi connectivity index (χ1) is 14.4. The van der Waals surface area contributed by atoms with Crippen molar-refractivity contribution in [1.29, 1.82) is 0 Å². The number of rotatable bonds is 7. The molecule has 0 aliphatic carbocycles. The SMILES string of the molecule is CCOC(=O)c1ccc(N(CN2CCCC2=O)C(=O)c2ccc([N+](=O)[O-])cc2)cc1. The molecule has 1 saturated heterocycles. The van der Waals surface area contributed by atoms with Crippen LogP contribution in [0.2, 0.25) is 0 Å². The number of amides is 2. The smallest absolute Gasteiger partial charge is 0.338 e. The molecule has 2 amide bonds. The van der Waals surface area contributed by atoms with Crippen LogP contribution >= 0.6 is 0 Å². The van der Waals surface area contributed by atoms with Crippen LogP contribution in [-0.2, 0) is 9.53 Å². The van der Waals surface area contributed by atoms with Gasteiger partial charge >= 0.3 is 5.97 Å². The van der Waals surface area contributed by atoms with Gasteiger partial charge in [-0.25, -0.2) is 4.79 Å². The number of benzene rings is 2. The number of non-ortho nitro benzene ring substituents is 1. The van der Waals surface area contributed by atoms with Crippen LogP contribution in [-0.4, -0.2) is 47.4 Å². The number of esters is 1. The minimum atomic E-state index is -0.539. The fraction of sp³-hybridized carbons (Fsp3) is 0.286. The van der Waals surface area contributed by atoms with E-state index in [9.17, 15) is 24.5 Å². The lowest BCUT2D eigenvalue weighted by atomic mass is 10.1. The van der Waals surface area contributed by atoms with Crippen LogP contribution in [0.3, 0.4) is 0 Å². The van der Waals surface area contributed by atoms with Gasteiger partial charge in [-0.1, -0.05) is 0 Å². The summed E-state index contributed by atoms with van der Waals surface area (Å²) >= 11 is 0. The van der Waals surface area contributed by atoms with Crippen LogP contribution in [0.4, 0.5) is 11.4 Å². The molecule has 2 aromatic carbocycles. The average molecular weight is 411 g/mol. The molecular weight excluding hydrogens is 390 g/mol. The van der Waals surface area contributed by atoms with E-state index in [0.29, 0.717) is 24.2 Å². The second kappa shape index (κ2) is 9.17. The van der Waals surface area contributed by atoms with Crippen LogP contribution in [0.5, 0.6) is 0 Å². The summed E-state index contributed by atoms with van der Waals surface area (Å²) in [7, 11) is 0. The first-order valence-electron chi connectivity index (χ1n) is 9.52. The standard InChI is InChI=1S/C21H21N3O6/c1-2-30-21(27)16-7-9-17(10-8-16)23(14-22-13-3-4-19(22)25)20(26)15-5-11-18(12-6-15)24(28)29/h5-12H,2-4,13-14H2,1H3. The molecule has 1 heterocycles. The molecule has 1 aliphatic rings. The summed E-state index contributed by atoms with van der Waals surface area (Å²) in [4.78, 5) is 50.5. The van der Waals surface area contributed by atoms with Crippen LogP contribution in [0.1, 0.15) is 40.5 Å². The molecule has 0 unspecified atom stereocenters. The maximum Gasteiger partial charge on any atom is 0.338 e. The number of hydrogen-bond acceptors (Lipinski definition) is 6. The average Bonchev–Trinajstić information content (AvgIpc) is 3.16. The minimum absolute atomic E-state index is 0.0420. The molecule has 156 valence electrons. The first kappa shape index (κ1) is 21.0. The van der Waals surface area contributed by atoms with E-state index in [2.05, 4.69) is 0 Å². The van der Waals surface area contributed by atoms with Crippen molar-refractivity contribution in [3.05, 3.63) is 69.8 Å². The van der Waals surface area contributed by atoms with Crippen molar-refractivity contribution in [3.63, 3.8) is 0 Å². The van der Waals surface area contributed by atoms with Crippen molar-refractivity contribution in [1.82, 2.24) is 4.90 Å². The summed E-state index contributed by atoms with van der Waals surface area (Å²) < 4.78 is 4.97. The van der Waals surface area contributed by atoms with Crippen molar-refractivity contribution >= 4 is 29.2 Å². The number of ether oxygens (including phenoxy) is 1. The van der Waals surface area contributed by atoms with Gasteiger partial charge in [-0.3, -0.25) is 24.6 Å². The highest BCUT2D eigenvalue weighted by Gasteiger charge is 2.27. The Labute approximate surface area is 173 Å². The predicted octanol–water partition coefficient (Wildman–Crippen LogP) is 3.00. The Morgan fingerprint density at radius 3 is 2.27 bits per heavy atom. The highest BCUT2D eigenvalue weighted by atomic mass is 16.6. The van der Waals surface area contributed by atoms with Gasteiger partial charge in [-0.15, -0.1) is 0 Å². The highest BCUT2D eigenvalue weighted by molar-refractivity contribution is 6.06. The number of likely N-dealkylation sites (tertiary alicyclic amines) is 1. The number of nitro benzene ring substituents is 1. The lowest BCUT2D eigenvalue weighted by Gasteiger charge is -2.28. The van der Waals surface area contributed by atoms with E-state index in [-0.39, 0.29) is 30.4 Å². The third-order valence-electron chi connectivity index (χ3n) is 4.74. The van der Waals surface area contributed by atoms with Crippen LogP contribution in [0.25, 0.3) is 0 Å². The molecule has 0 spiro atoms. The van der Waals surface area contributed by atoms with Gasteiger partial charge < -0.3 is 9.64 Å². The van der Waals surface area contributed by atoms with Gasteiger partial charge in [0.25, 0.3) is 11.6 Å². The van der Waals surface area contributed by atoms with Gasteiger partial charge in [-0.05, 0) is 49.7 Å². The second-order valence-electron chi connectivity index (χ2n) is 6.71. The zero-order valence-electron chi connectivity index (χ0n) is 16.4. The Hall–Kier alpha value is -3.75. The lowest BCUT2D eigenvalue weighted by Crippen LogP contribution is -2.42. The molecule has 2 aromatic rings. The highest BCUT2D eigenvalue weighted by Crippen LogP contribution is 2.22. The molecule has 0 aromatic heterocycles. The summed E-state index contributed by atoms with van der Waals surface area (Å²) in [5.41, 5.74) is 0.972. The number of anilines is 1. The zero-order chi connectivity index (χ0) is 21.7. The summed E-state index contributed by atoms with van der Waals surface area (Å²) in [6, 6.07) is 11.6. The van der Waals surface area contributed by atoms with Gasteiger partial charge in [0.1, 0.15) is 6.67 Å². The quantitative estimate of drug-likeness (QED) is 0.393. The number of carbonyl (C=O) groups is 3. The van der Waals surface area contributed by atoms with Crippen molar-refractivity contribution in [2.75, 3.05) is 24.7 Å². The Morgan fingerprint density at radius 1 is 1.10 bits per heavy atom. The second-order valence-corrected chi connectivity index (χ2v) is 6.71. The first-order valence-corrected chi connectivity index (χ1v) is 9.52. The molecule has 0 saturated carbocycles. The molecule has 1 fully saturated rings. The Morgan fingerprint density at radius 2 is 1.73 bits per heavy atom. The number of nitro groups is 1. The van der Waals surface area contributed by atoms with E-state index in [4.69, 9.17) is 4.74 Å². The summed E-state index contributed by atoms with van der Waals surface area (Å²) in [6.45, 7) is 2.56. The van der Waals surface area contributed by atoms with Crippen LogP contribution in [0.15, 0.2) is 48.5 Å². The maximum atomic E-state index is 13.2. The maximum absolute atomic E-state index is 13.2. The fourth-order valence-corrected chi connectivity index (χ4v) is 3.16. The van der Waals surface area contributed by atoms with E-state index < -0.39 is 16.8 Å². The van der Waals surface area contributed by atoms with Crippen molar-refractivity contribution in [2.24, 2.45) is 0 Å². The largest absolute Gasteiger partial charge is 0.462 e. The monoisotopic (exact) mass is 411 g/mol.